The summed E-state index contributed by atoms with van der Waals surface area (Å²) in [7, 11) is 1.87. The Hall–Kier alpha value is -4.27. The highest BCUT2D eigenvalue weighted by atomic mass is 16.4. The summed E-state index contributed by atoms with van der Waals surface area (Å²) in [5.41, 5.74) is 5.23. The van der Waals surface area contributed by atoms with Gasteiger partial charge in [0.25, 0.3) is 0 Å². The molecule has 34 heavy (non-hydrogen) atoms. The van der Waals surface area contributed by atoms with E-state index in [0.717, 1.165) is 16.8 Å². The van der Waals surface area contributed by atoms with Crippen LogP contribution in [0.5, 0.6) is 0 Å². The van der Waals surface area contributed by atoms with Gasteiger partial charge in [-0.15, -0.1) is 0 Å². The number of hydrogen-bond donors (Lipinski definition) is 2. The molecule has 0 saturated heterocycles. The smallest absolute Gasteiger partial charge is 0.304 e. The van der Waals surface area contributed by atoms with Crippen LogP contribution in [-0.4, -0.2) is 39.0 Å². The maximum atomic E-state index is 12.5. The van der Waals surface area contributed by atoms with Gasteiger partial charge in [-0.1, -0.05) is 13.0 Å². The van der Waals surface area contributed by atoms with Gasteiger partial charge in [0.1, 0.15) is 5.52 Å². The summed E-state index contributed by atoms with van der Waals surface area (Å²) < 4.78 is 5.95. The van der Waals surface area contributed by atoms with Crippen molar-refractivity contribution in [3.63, 3.8) is 0 Å². The van der Waals surface area contributed by atoms with Crippen LogP contribution in [0.1, 0.15) is 36.1 Å². The third-order valence-corrected chi connectivity index (χ3v) is 5.52. The molecule has 3 aromatic heterocycles. The first kappa shape index (κ1) is 22.9. The molecule has 0 radical (unpaired) electrons. The van der Waals surface area contributed by atoms with Gasteiger partial charge in [-0.25, -0.2) is 0 Å². The van der Waals surface area contributed by atoms with E-state index in [0.29, 0.717) is 28.5 Å². The summed E-state index contributed by atoms with van der Waals surface area (Å²) >= 11 is 0. The quantitative estimate of drug-likeness (QED) is 0.396. The van der Waals surface area contributed by atoms with Crippen molar-refractivity contribution in [1.29, 1.82) is 0 Å². The highest BCUT2D eigenvalue weighted by molar-refractivity contribution is 5.92. The molecule has 0 aliphatic rings. The van der Waals surface area contributed by atoms with Crippen molar-refractivity contribution in [2.75, 3.05) is 17.3 Å². The predicted molar refractivity (Wildman–Crippen MR) is 128 cm³/mol. The lowest BCUT2D eigenvalue weighted by Gasteiger charge is -2.15. The Morgan fingerprint density at radius 2 is 2.00 bits per heavy atom. The Labute approximate surface area is 196 Å². The van der Waals surface area contributed by atoms with Gasteiger partial charge >= 0.3 is 12.0 Å². The number of amides is 1. The monoisotopic (exact) mass is 459 g/mol. The molecule has 9 heteroatoms. The van der Waals surface area contributed by atoms with Crippen LogP contribution in [0.15, 0.2) is 59.4 Å². The Morgan fingerprint density at radius 1 is 1.18 bits per heavy atom. The van der Waals surface area contributed by atoms with Crippen LogP contribution in [-0.2, 0) is 16.0 Å². The summed E-state index contributed by atoms with van der Waals surface area (Å²) in [6.45, 7) is 3.79. The fourth-order valence-corrected chi connectivity index (χ4v) is 3.65. The van der Waals surface area contributed by atoms with E-state index in [1.54, 1.807) is 31.5 Å². The number of carbonyl (C=O) groups excluding carboxylic acids is 1. The molecule has 2 N–H and O–H groups in total. The highest BCUT2D eigenvalue weighted by Gasteiger charge is 2.16. The zero-order chi connectivity index (χ0) is 24.2. The molecular formula is C25H25N5O4. The number of hydrogen-bond acceptors (Lipinski definition) is 7. The number of carbonyl (C=O) groups is 2. The second-order valence-electron chi connectivity index (χ2n) is 8.22. The van der Waals surface area contributed by atoms with Crippen LogP contribution in [0.3, 0.4) is 0 Å². The first-order valence-electron chi connectivity index (χ1n) is 10.8. The number of benzene rings is 1. The lowest BCUT2D eigenvalue weighted by molar-refractivity contribution is -0.137. The molecule has 4 aromatic rings. The van der Waals surface area contributed by atoms with E-state index in [1.165, 1.54) is 6.20 Å². The van der Waals surface area contributed by atoms with Gasteiger partial charge < -0.3 is 14.8 Å². The number of carboxylic acids is 1. The number of aromatic nitrogens is 3. The van der Waals surface area contributed by atoms with E-state index in [-0.39, 0.29) is 24.7 Å². The first-order chi connectivity index (χ1) is 16.3. The zero-order valence-electron chi connectivity index (χ0n) is 19.1. The fraction of sp³-hybridized carbons (Fsp3) is 0.240. The molecule has 1 unspecified atom stereocenters. The van der Waals surface area contributed by atoms with E-state index in [4.69, 9.17) is 9.52 Å². The molecule has 0 bridgehead atoms. The van der Waals surface area contributed by atoms with E-state index < -0.39 is 5.97 Å². The van der Waals surface area contributed by atoms with Crippen LogP contribution >= 0.6 is 0 Å². The van der Waals surface area contributed by atoms with Crippen molar-refractivity contribution in [3.8, 4) is 0 Å². The molecule has 4 rings (SSSR count). The summed E-state index contributed by atoms with van der Waals surface area (Å²) in [6.07, 6.45) is 5.19. The summed E-state index contributed by atoms with van der Waals surface area (Å²) in [6, 6.07) is 11.3. The Balaban J connectivity index is 1.42. The normalized spacial score (nSPS) is 11.9. The van der Waals surface area contributed by atoms with Crippen LogP contribution in [0.4, 0.5) is 17.4 Å². The third-order valence-electron chi connectivity index (χ3n) is 5.52. The van der Waals surface area contributed by atoms with E-state index in [2.05, 4.69) is 20.3 Å². The fourth-order valence-electron chi connectivity index (χ4n) is 3.65. The summed E-state index contributed by atoms with van der Waals surface area (Å²) in [4.78, 5) is 38.2. The molecule has 174 valence electrons. The average molecular weight is 460 g/mol. The standard InChI is InChI=1S/C25H25N5O4/c1-15-8-9-26-14-21(15)30(3)25-29-20-6-4-17(11-22(20)34-25)12-23(31)28-18-5-7-19(27-13-18)16(2)10-24(32)33/h4-9,11,13-14,16H,10,12H2,1-3H3,(H,28,31)(H,32,33). The molecule has 0 aliphatic heterocycles. The summed E-state index contributed by atoms with van der Waals surface area (Å²) in [5, 5.41) is 11.7. The van der Waals surface area contributed by atoms with Gasteiger partial charge in [0.2, 0.25) is 5.91 Å². The second-order valence-corrected chi connectivity index (χ2v) is 8.22. The topological polar surface area (TPSA) is 121 Å². The number of rotatable bonds is 8. The van der Waals surface area contributed by atoms with E-state index >= 15 is 0 Å². The van der Waals surface area contributed by atoms with Gasteiger partial charge in [0.05, 0.1) is 36.6 Å². The second kappa shape index (κ2) is 9.70. The van der Waals surface area contributed by atoms with Crippen LogP contribution in [0.2, 0.25) is 0 Å². The van der Waals surface area contributed by atoms with Crippen molar-refractivity contribution in [3.05, 3.63) is 71.8 Å². The van der Waals surface area contributed by atoms with Crippen molar-refractivity contribution in [2.24, 2.45) is 0 Å². The predicted octanol–water partition coefficient (Wildman–Crippen LogP) is 4.45. The molecule has 1 atom stereocenters. The van der Waals surface area contributed by atoms with Gasteiger partial charge in [0, 0.05) is 24.9 Å². The van der Waals surface area contributed by atoms with Crippen molar-refractivity contribution in [1.82, 2.24) is 15.0 Å². The number of aryl methyl sites for hydroxylation is 1. The van der Waals surface area contributed by atoms with Crippen molar-refractivity contribution < 1.29 is 19.1 Å². The maximum Gasteiger partial charge on any atom is 0.304 e. The number of anilines is 3. The van der Waals surface area contributed by atoms with Crippen molar-refractivity contribution >= 4 is 40.4 Å². The molecule has 0 saturated carbocycles. The minimum absolute atomic E-state index is 0.00215. The minimum atomic E-state index is -0.874. The molecule has 0 aliphatic carbocycles. The highest BCUT2D eigenvalue weighted by Crippen LogP contribution is 2.29. The molecular weight excluding hydrogens is 434 g/mol. The zero-order valence-corrected chi connectivity index (χ0v) is 19.1. The average Bonchev–Trinajstić information content (AvgIpc) is 3.22. The van der Waals surface area contributed by atoms with Gasteiger partial charge in [-0.2, -0.15) is 4.98 Å². The van der Waals surface area contributed by atoms with Gasteiger partial charge in [-0.05, 0) is 48.4 Å². The number of nitrogens with zero attached hydrogens (tertiary/aromatic N) is 4. The molecule has 1 aromatic carbocycles. The first-order valence-corrected chi connectivity index (χ1v) is 10.8. The number of carboxylic acid groups (broad SMARTS) is 1. The SMILES string of the molecule is Cc1ccncc1N(C)c1nc2ccc(CC(=O)Nc3ccc(C(C)CC(=O)O)nc3)cc2o1. The Morgan fingerprint density at radius 3 is 2.71 bits per heavy atom. The summed E-state index contributed by atoms with van der Waals surface area (Å²) in [5.74, 6) is -1.28. The Bertz CT molecular complexity index is 1330. The van der Waals surface area contributed by atoms with Gasteiger partial charge in [-0.3, -0.25) is 24.5 Å². The largest absolute Gasteiger partial charge is 0.481 e. The number of oxazole rings is 1. The van der Waals surface area contributed by atoms with Crippen LogP contribution in [0, 0.1) is 6.92 Å². The minimum Gasteiger partial charge on any atom is -0.481 e. The third kappa shape index (κ3) is 5.20. The van der Waals surface area contributed by atoms with Crippen molar-refractivity contribution in [2.45, 2.75) is 32.6 Å². The van der Waals surface area contributed by atoms with Gasteiger partial charge in [0.15, 0.2) is 5.58 Å². The maximum absolute atomic E-state index is 12.5. The molecule has 0 spiro atoms. The van der Waals surface area contributed by atoms with E-state index in [9.17, 15) is 9.59 Å². The number of fused-ring (bicyclic) bond motifs is 1. The van der Waals surface area contributed by atoms with Crippen LogP contribution < -0.4 is 10.2 Å². The molecule has 9 nitrogen and oxygen atoms in total. The molecule has 1 amide bonds. The number of nitrogens with one attached hydrogen (secondary N) is 1. The van der Waals surface area contributed by atoms with Crippen LogP contribution in [0.25, 0.3) is 11.1 Å². The Kier molecular flexibility index (Phi) is 6.53. The molecule has 3 heterocycles. The van der Waals surface area contributed by atoms with E-state index in [1.807, 2.05) is 43.1 Å². The lowest BCUT2D eigenvalue weighted by Crippen LogP contribution is -2.14. The lowest BCUT2D eigenvalue weighted by atomic mass is 10.0. The molecule has 0 fully saturated rings. The number of aliphatic carboxylic acids is 1. The number of pyridine rings is 2.